The first-order valence-corrected chi connectivity index (χ1v) is 4.64. The van der Waals surface area contributed by atoms with Crippen LogP contribution in [0.5, 0.6) is 0 Å². The highest BCUT2D eigenvalue weighted by atomic mass is 35.5. The molecule has 0 aliphatic carbocycles. The maximum atomic E-state index is 9.20. The second-order valence-electron chi connectivity index (χ2n) is 3.10. The molecule has 0 amide bonds. The van der Waals surface area contributed by atoms with Crippen molar-refractivity contribution < 1.29 is 9.94 Å². The molecule has 1 saturated heterocycles. The van der Waals surface area contributed by atoms with Crippen LogP contribution >= 0.6 is 11.6 Å². The van der Waals surface area contributed by atoms with Crippen molar-refractivity contribution in [2.75, 3.05) is 13.2 Å². The van der Waals surface area contributed by atoms with E-state index in [1.807, 2.05) is 0 Å². The van der Waals surface area contributed by atoms with E-state index in [1.54, 1.807) is 11.3 Å². The average molecular weight is 216 g/mol. The van der Waals surface area contributed by atoms with Crippen molar-refractivity contribution >= 4 is 11.6 Å². The summed E-state index contributed by atoms with van der Waals surface area (Å²) >= 11 is 5.59. The maximum Gasteiger partial charge on any atom is 0.147 e. The normalized spacial score (nSPS) is 22.9. The molecule has 1 aromatic heterocycles. The quantitative estimate of drug-likeness (QED) is 0.766. The van der Waals surface area contributed by atoms with Gasteiger partial charge in [-0.05, 0) is 0 Å². The minimum Gasteiger partial charge on any atom is -0.389 e. The van der Waals surface area contributed by atoms with Gasteiger partial charge >= 0.3 is 0 Å². The highest BCUT2D eigenvalue weighted by Crippen LogP contribution is 2.10. The Morgan fingerprint density at radius 2 is 2.43 bits per heavy atom. The van der Waals surface area contributed by atoms with E-state index in [9.17, 15) is 5.11 Å². The minimum atomic E-state index is -0.407. The SMILES string of the molecule is O[C@@H]1CON(Cc2cnc(Cl)cn2)C1. The van der Waals surface area contributed by atoms with Crippen LogP contribution in [-0.4, -0.2) is 39.4 Å². The molecule has 0 unspecified atom stereocenters. The van der Waals surface area contributed by atoms with E-state index in [0.29, 0.717) is 24.8 Å². The molecule has 5 nitrogen and oxygen atoms in total. The fourth-order valence-electron chi connectivity index (χ4n) is 1.24. The van der Waals surface area contributed by atoms with Gasteiger partial charge in [-0.15, -0.1) is 0 Å². The van der Waals surface area contributed by atoms with E-state index in [-0.39, 0.29) is 0 Å². The Bertz CT molecular complexity index is 306. The molecule has 1 fully saturated rings. The fraction of sp³-hybridized carbons (Fsp3) is 0.500. The lowest BCUT2D eigenvalue weighted by atomic mass is 10.4. The highest BCUT2D eigenvalue weighted by molar-refractivity contribution is 6.29. The molecule has 14 heavy (non-hydrogen) atoms. The van der Waals surface area contributed by atoms with Crippen molar-refractivity contribution in [1.29, 1.82) is 0 Å². The zero-order chi connectivity index (χ0) is 9.97. The Morgan fingerprint density at radius 3 is 3.00 bits per heavy atom. The van der Waals surface area contributed by atoms with Crippen LogP contribution in [0.2, 0.25) is 5.15 Å². The molecule has 76 valence electrons. The fourth-order valence-corrected chi connectivity index (χ4v) is 1.34. The Balaban J connectivity index is 1.94. The molecule has 1 aromatic rings. The Hall–Kier alpha value is -0.750. The molecule has 0 bridgehead atoms. The van der Waals surface area contributed by atoms with Crippen LogP contribution in [0.15, 0.2) is 12.4 Å². The summed E-state index contributed by atoms with van der Waals surface area (Å²) in [5.74, 6) is 0. The van der Waals surface area contributed by atoms with E-state index >= 15 is 0 Å². The van der Waals surface area contributed by atoms with E-state index in [1.165, 1.54) is 6.20 Å². The molecule has 1 atom stereocenters. The van der Waals surface area contributed by atoms with Gasteiger partial charge in [0.2, 0.25) is 0 Å². The summed E-state index contributed by atoms with van der Waals surface area (Å²) < 4.78 is 0. The number of hydrogen-bond acceptors (Lipinski definition) is 5. The third kappa shape index (κ3) is 2.39. The summed E-state index contributed by atoms with van der Waals surface area (Å²) in [6.07, 6.45) is 2.68. The summed E-state index contributed by atoms with van der Waals surface area (Å²) in [5.41, 5.74) is 0.767. The monoisotopic (exact) mass is 215 g/mol. The smallest absolute Gasteiger partial charge is 0.147 e. The van der Waals surface area contributed by atoms with E-state index in [2.05, 4.69) is 9.97 Å². The molecular weight excluding hydrogens is 206 g/mol. The lowest BCUT2D eigenvalue weighted by Crippen LogP contribution is -2.21. The van der Waals surface area contributed by atoms with Crippen molar-refractivity contribution in [1.82, 2.24) is 15.0 Å². The van der Waals surface area contributed by atoms with Gasteiger partial charge in [-0.25, -0.2) is 4.98 Å². The average Bonchev–Trinajstić information content (AvgIpc) is 2.56. The van der Waals surface area contributed by atoms with Gasteiger partial charge in [0.25, 0.3) is 0 Å². The summed E-state index contributed by atoms with van der Waals surface area (Å²) in [4.78, 5) is 13.1. The zero-order valence-electron chi connectivity index (χ0n) is 7.43. The van der Waals surface area contributed by atoms with Crippen LogP contribution in [0, 0.1) is 0 Å². The second kappa shape index (κ2) is 4.18. The van der Waals surface area contributed by atoms with Gasteiger partial charge in [0, 0.05) is 0 Å². The lowest BCUT2D eigenvalue weighted by Gasteiger charge is -2.11. The molecule has 1 N–H and O–H groups in total. The molecular formula is C8H10ClN3O2. The van der Waals surface area contributed by atoms with Crippen molar-refractivity contribution in [3.63, 3.8) is 0 Å². The van der Waals surface area contributed by atoms with Gasteiger partial charge in [0.1, 0.15) is 5.15 Å². The van der Waals surface area contributed by atoms with Crippen molar-refractivity contribution in [3.05, 3.63) is 23.2 Å². The molecule has 0 spiro atoms. The summed E-state index contributed by atoms with van der Waals surface area (Å²) in [6.45, 7) is 1.37. The van der Waals surface area contributed by atoms with Crippen LogP contribution in [0.4, 0.5) is 0 Å². The number of hydroxylamine groups is 2. The standard InChI is InChI=1S/C8H10ClN3O2/c9-8-2-10-6(1-11-8)3-12-4-7(13)5-14-12/h1-2,7,13H,3-5H2/t7-/m0/s1. The predicted molar refractivity (Wildman–Crippen MR) is 49.4 cm³/mol. The third-order valence-electron chi connectivity index (χ3n) is 1.88. The number of aliphatic hydroxyl groups excluding tert-OH is 1. The van der Waals surface area contributed by atoms with Crippen LogP contribution in [0.1, 0.15) is 5.69 Å². The number of β-amino-alcohol motifs (C(OH)–C–C–N with tert-alkyl or cyclic N) is 1. The van der Waals surface area contributed by atoms with E-state index in [4.69, 9.17) is 16.4 Å². The number of hydrogen-bond donors (Lipinski definition) is 1. The minimum absolute atomic E-state index is 0.348. The summed E-state index contributed by atoms with van der Waals surface area (Å²) in [6, 6.07) is 0. The number of nitrogens with zero attached hydrogens (tertiary/aromatic N) is 3. The van der Waals surface area contributed by atoms with Crippen LogP contribution in [0.25, 0.3) is 0 Å². The Labute approximate surface area is 86.2 Å². The molecule has 1 aliphatic rings. The molecule has 0 aromatic carbocycles. The molecule has 2 rings (SSSR count). The third-order valence-corrected chi connectivity index (χ3v) is 2.07. The summed E-state index contributed by atoms with van der Waals surface area (Å²) in [5, 5.41) is 11.2. The van der Waals surface area contributed by atoms with Gasteiger partial charge in [-0.3, -0.25) is 9.82 Å². The summed E-state index contributed by atoms with van der Waals surface area (Å²) in [7, 11) is 0. The van der Waals surface area contributed by atoms with Crippen LogP contribution in [-0.2, 0) is 11.4 Å². The van der Waals surface area contributed by atoms with Crippen molar-refractivity contribution in [3.8, 4) is 0 Å². The first-order valence-electron chi connectivity index (χ1n) is 4.26. The molecule has 0 saturated carbocycles. The van der Waals surface area contributed by atoms with Gasteiger partial charge in [-0.1, -0.05) is 11.6 Å². The van der Waals surface area contributed by atoms with Gasteiger partial charge < -0.3 is 5.11 Å². The first kappa shape index (κ1) is 9.79. The molecule has 0 radical (unpaired) electrons. The van der Waals surface area contributed by atoms with Crippen molar-refractivity contribution in [2.45, 2.75) is 12.6 Å². The second-order valence-corrected chi connectivity index (χ2v) is 3.49. The van der Waals surface area contributed by atoms with Crippen LogP contribution in [0.3, 0.4) is 0 Å². The number of rotatable bonds is 2. The first-order chi connectivity index (χ1) is 6.74. The van der Waals surface area contributed by atoms with E-state index in [0.717, 1.165) is 5.69 Å². The zero-order valence-corrected chi connectivity index (χ0v) is 8.18. The topological polar surface area (TPSA) is 58.5 Å². The van der Waals surface area contributed by atoms with Gasteiger partial charge in [0.05, 0.1) is 43.9 Å². The Morgan fingerprint density at radius 1 is 1.57 bits per heavy atom. The Kier molecular flexibility index (Phi) is 2.93. The maximum absolute atomic E-state index is 9.20. The molecule has 1 aliphatic heterocycles. The molecule has 2 heterocycles. The van der Waals surface area contributed by atoms with Crippen LogP contribution < -0.4 is 0 Å². The molecule has 6 heteroatoms. The van der Waals surface area contributed by atoms with E-state index < -0.39 is 6.10 Å². The predicted octanol–water partition coefficient (Wildman–Crippen LogP) is 0.238. The highest BCUT2D eigenvalue weighted by Gasteiger charge is 2.21. The number of aliphatic hydroxyl groups is 1. The number of aromatic nitrogens is 2. The van der Waals surface area contributed by atoms with Gasteiger partial charge in [-0.2, -0.15) is 5.06 Å². The lowest BCUT2D eigenvalue weighted by molar-refractivity contribution is -0.118. The van der Waals surface area contributed by atoms with Gasteiger partial charge in [0.15, 0.2) is 0 Å². The van der Waals surface area contributed by atoms with Crippen molar-refractivity contribution in [2.24, 2.45) is 0 Å². The number of halogens is 1. The largest absolute Gasteiger partial charge is 0.389 e.